The third-order valence-electron chi connectivity index (χ3n) is 9.51. The molecule has 2 atom stereocenters. The fourth-order valence-electron chi connectivity index (χ4n) is 6.24. The second-order valence-electron chi connectivity index (χ2n) is 14.1. The minimum absolute atomic E-state index is 0.0603. The van der Waals surface area contributed by atoms with Crippen molar-refractivity contribution in [1.29, 1.82) is 0 Å². The summed E-state index contributed by atoms with van der Waals surface area (Å²) in [5.74, 6) is -3.64. The van der Waals surface area contributed by atoms with E-state index in [4.69, 9.17) is 37.9 Å². The van der Waals surface area contributed by atoms with Gasteiger partial charge in [-0.3, -0.25) is 0 Å². The lowest BCUT2D eigenvalue weighted by Gasteiger charge is -2.17. The van der Waals surface area contributed by atoms with E-state index in [-0.39, 0.29) is 54.6 Å². The maximum absolute atomic E-state index is 13.5. The van der Waals surface area contributed by atoms with Gasteiger partial charge in [-0.2, -0.15) is 5.10 Å². The van der Waals surface area contributed by atoms with Crippen molar-refractivity contribution in [3.8, 4) is 34.1 Å². The summed E-state index contributed by atoms with van der Waals surface area (Å²) in [4.78, 5) is 73.6. The molecule has 5 aromatic rings. The second kappa shape index (κ2) is 23.7. The average Bonchev–Trinajstić information content (AvgIpc) is 3.69. The third kappa shape index (κ3) is 13.2. The molecule has 16 nitrogen and oxygen atoms in total. The Labute approximate surface area is 390 Å². The van der Waals surface area contributed by atoms with Gasteiger partial charge in [-0.15, -0.1) is 5.10 Å². The molecule has 344 valence electrons. The Hall–Kier alpha value is -9.18. The van der Waals surface area contributed by atoms with Crippen molar-refractivity contribution in [3.63, 3.8) is 0 Å². The van der Waals surface area contributed by atoms with E-state index in [1.807, 2.05) is 48.5 Å². The number of ether oxygens (including phenoxy) is 8. The molecule has 0 amide bonds. The van der Waals surface area contributed by atoms with Gasteiger partial charge in [0.2, 0.25) is 0 Å². The SMILES string of the molecule is C=CC(=O)OCC(COc1ccc(C(=O)Oc2ccc(OC(=O)c3ccc(OCC(COC(=O)C=C)OC(=O)C=C)cc3)c(/C=N/N=C3c4ccccc4-c4ccccc43)c2)cc1)OC(=O)C=C. The van der Waals surface area contributed by atoms with Gasteiger partial charge in [0, 0.05) is 41.0 Å². The van der Waals surface area contributed by atoms with Gasteiger partial charge in [0.05, 0.1) is 17.3 Å². The Morgan fingerprint density at radius 1 is 0.485 bits per heavy atom. The van der Waals surface area contributed by atoms with Crippen LogP contribution in [0.1, 0.15) is 37.4 Å². The molecular weight excluding hydrogens is 877 g/mol. The molecular formula is C52H42N2O14. The zero-order chi connectivity index (χ0) is 48.4. The quantitative estimate of drug-likeness (QED) is 0.0163. The fourth-order valence-corrected chi connectivity index (χ4v) is 6.24. The van der Waals surface area contributed by atoms with Crippen LogP contribution in [0.4, 0.5) is 0 Å². The highest BCUT2D eigenvalue weighted by Gasteiger charge is 2.24. The van der Waals surface area contributed by atoms with Crippen LogP contribution in [0, 0.1) is 0 Å². The number of rotatable bonds is 22. The Balaban J connectivity index is 1.18. The molecule has 1 aliphatic carbocycles. The molecule has 0 bridgehead atoms. The summed E-state index contributed by atoms with van der Waals surface area (Å²) in [6, 6.07) is 31.8. The normalized spacial score (nSPS) is 11.9. The van der Waals surface area contributed by atoms with Crippen molar-refractivity contribution in [3.05, 3.63) is 194 Å². The second-order valence-corrected chi connectivity index (χ2v) is 14.1. The molecule has 0 fully saturated rings. The van der Waals surface area contributed by atoms with Crippen molar-refractivity contribution in [2.45, 2.75) is 12.2 Å². The molecule has 0 saturated heterocycles. The van der Waals surface area contributed by atoms with Crippen molar-refractivity contribution in [1.82, 2.24) is 0 Å². The summed E-state index contributed by atoms with van der Waals surface area (Å²) in [7, 11) is 0. The van der Waals surface area contributed by atoms with Crippen LogP contribution in [-0.4, -0.2) is 86.4 Å². The maximum Gasteiger partial charge on any atom is 0.343 e. The van der Waals surface area contributed by atoms with Gasteiger partial charge in [0.25, 0.3) is 0 Å². The van der Waals surface area contributed by atoms with E-state index in [1.54, 1.807) is 0 Å². The number of hydrogen-bond donors (Lipinski definition) is 0. The zero-order valence-corrected chi connectivity index (χ0v) is 36.3. The third-order valence-corrected chi connectivity index (χ3v) is 9.51. The summed E-state index contributed by atoms with van der Waals surface area (Å²) in [6.45, 7) is 12.4. The molecule has 0 aliphatic heterocycles. The predicted octanol–water partition coefficient (Wildman–Crippen LogP) is 7.39. The summed E-state index contributed by atoms with van der Waals surface area (Å²) in [5, 5.41) is 8.97. The van der Waals surface area contributed by atoms with Crippen LogP contribution in [0.3, 0.4) is 0 Å². The molecule has 6 rings (SSSR count). The topological polar surface area (TPSA) is 201 Å². The maximum atomic E-state index is 13.5. The van der Waals surface area contributed by atoms with Crippen LogP contribution in [0.15, 0.2) is 176 Å². The number of carbonyl (C=O) groups excluding carboxylic acids is 6. The number of hydrogen-bond acceptors (Lipinski definition) is 16. The monoisotopic (exact) mass is 918 g/mol. The van der Waals surface area contributed by atoms with Crippen LogP contribution < -0.4 is 18.9 Å². The highest BCUT2D eigenvalue weighted by Crippen LogP contribution is 2.37. The van der Waals surface area contributed by atoms with Gasteiger partial charge in [-0.1, -0.05) is 74.8 Å². The van der Waals surface area contributed by atoms with Gasteiger partial charge in [0.15, 0.2) is 12.2 Å². The number of esters is 6. The molecule has 5 aromatic carbocycles. The first kappa shape index (κ1) is 48.3. The van der Waals surface area contributed by atoms with Crippen LogP contribution in [0.2, 0.25) is 0 Å². The zero-order valence-electron chi connectivity index (χ0n) is 36.3. The molecule has 2 unspecified atom stereocenters. The van der Waals surface area contributed by atoms with Crippen LogP contribution in [0.5, 0.6) is 23.0 Å². The van der Waals surface area contributed by atoms with E-state index >= 15 is 0 Å². The van der Waals surface area contributed by atoms with Gasteiger partial charge >= 0.3 is 35.8 Å². The molecule has 0 heterocycles. The van der Waals surface area contributed by atoms with E-state index in [9.17, 15) is 28.8 Å². The lowest BCUT2D eigenvalue weighted by atomic mass is 10.1. The van der Waals surface area contributed by atoms with Gasteiger partial charge in [0.1, 0.15) is 55.1 Å². The number of fused-ring (bicyclic) bond motifs is 3. The van der Waals surface area contributed by atoms with Crippen LogP contribution in [0.25, 0.3) is 11.1 Å². The largest absolute Gasteiger partial charge is 0.490 e. The number of carbonyl (C=O) groups is 6. The van der Waals surface area contributed by atoms with Crippen molar-refractivity contribution >= 4 is 47.7 Å². The standard InChI is InChI=1S/C52H42N2O14/c1-5-46(55)63-31-39(65-48(57)7-3)29-61-36-21-17-33(18-22-36)51(59)67-38-25-26-45(35(27-38)28-53-54-50-43-15-11-9-13-41(43)42-14-10-12-16-44(42)50)68-52(60)34-19-23-37(24-20-34)62-30-40(66-49(58)8-4)32-64-47(56)6-2/h5-28,39-40H,1-4,29-32H2/b53-28+. The van der Waals surface area contributed by atoms with Gasteiger partial charge < -0.3 is 37.9 Å². The van der Waals surface area contributed by atoms with E-state index in [1.165, 1.54) is 72.9 Å². The van der Waals surface area contributed by atoms with E-state index in [2.05, 4.69) is 36.5 Å². The summed E-state index contributed by atoms with van der Waals surface area (Å²) in [5.41, 5.74) is 4.95. The molecule has 1 aliphatic rings. The molecule has 0 spiro atoms. The predicted molar refractivity (Wildman–Crippen MR) is 248 cm³/mol. The van der Waals surface area contributed by atoms with Crippen molar-refractivity contribution < 1.29 is 66.7 Å². The van der Waals surface area contributed by atoms with E-state index in [0.717, 1.165) is 46.6 Å². The first-order valence-electron chi connectivity index (χ1n) is 20.6. The van der Waals surface area contributed by atoms with E-state index < -0.39 is 48.0 Å². The van der Waals surface area contributed by atoms with Crippen molar-refractivity contribution in [2.75, 3.05) is 26.4 Å². The number of nitrogens with zero attached hydrogens (tertiary/aromatic N) is 2. The Bertz CT molecular complexity index is 2750. The lowest BCUT2D eigenvalue weighted by Crippen LogP contribution is -2.30. The molecule has 0 radical (unpaired) electrons. The fraction of sp³-hybridized carbons (Fsp3) is 0.115. The number of benzene rings is 5. The first-order chi connectivity index (χ1) is 33.0. The molecule has 0 N–H and O–H groups in total. The molecule has 68 heavy (non-hydrogen) atoms. The van der Waals surface area contributed by atoms with Gasteiger partial charge in [-0.05, 0) is 77.9 Å². The minimum atomic E-state index is -0.967. The molecule has 0 aromatic heterocycles. The highest BCUT2D eigenvalue weighted by atomic mass is 16.6. The smallest absolute Gasteiger partial charge is 0.343 e. The van der Waals surface area contributed by atoms with Crippen LogP contribution >= 0.6 is 0 Å². The molecule has 16 heteroatoms. The van der Waals surface area contributed by atoms with E-state index in [0.29, 0.717) is 17.2 Å². The Morgan fingerprint density at radius 3 is 1.37 bits per heavy atom. The Morgan fingerprint density at radius 2 is 0.912 bits per heavy atom. The van der Waals surface area contributed by atoms with Crippen LogP contribution in [-0.2, 0) is 38.1 Å². The van der Waals surface area contributed by atoms with Gasteiger partial charge in [-0.25, -0.2) is 28.8 Å². The first-order valence-corrected chi connectivity index (χ1v) is 20.6. The lowest BCUT2D eigenvalue weighted by molar-refractivity contribution is -0.154. The summed E-state index contributed by atoms with van der Waals surface area (Å²) >= 11 is 0. The Kier molecular flexibility index (Phi) is 16.8. The minimum Gasteiger partial charge on any atom is -0.490 e. The van der Waals surface area contributed by atoms with Crippen molar-refractivity contribution in [2.24, 2.45) is 10.2 Å². The average molecular weight is 919 g/mol. The summed E-state index contributed by atoms with van der Waals surface area (Å²) < 4.78 is 43.3. The highest BCUT2D eigenvalue weighted by molar-refractivity contribution is 6.24. The molecule has 0 saturated carbocycles. The summed E-state index contributed by atoms with van der Waals surface area (Å²) in [6.07, 6.45) is 3.31.